The first kappa shape index (κ1) is 21.4. The molecule has 0 saturated heterocycles. The lowest BCUT2D eigenvalue weighted by atomic mass is 9.97. The van der Waals surface area contributed by atoms with Gasteiger partial charge in [-0.25, -0.2) is 0 Å². The van der Waals surface area contributed by atoms with Crippen LogP contribution in [0, 0.1) is 13.8 Å². The molecule has 0 radical (unpaired) electrons. The van der Waals surface area contributed by atoms with Gasteiger partial charge in [-0.15, -0.1) is 0 Å². The second-order valence-corrected chi connectivity index (χ2v) is 7.01. The van der Waals surface area contributed by atoms with Crippen LogP contribution in [0.3, 0.4) is 0 Å². The van der Waals surface area contributed by atoms with E-state index in [1.807, 2.05) is 32.0 Å². The van der Waals surface area contributed by atoms with E-state index in [-0.39, 0.29) is 24.8 Å². The Bertz CT molecular complexity index is 1010. The molecule has 0 saturated carbocycles. The molecule has 2 amide bonds. The Hall–Kier alpha value is -3.32. The molecule has 7 heteroatoms. The lowest BCUT2D eigenvalue weighted by molar-refractivity contribution is -0.137. The van der Waals surface area contributed by atoms with Crippen molar-refractivity contribution in [2.75, 3.05) is 39.8 Å². The normalized spacial score (nSPS) is 13.8. The maximum atomic E-state index is 13.2. The van der Waals surface area contributed by atoms with E-state index in [2.05, 4.69) is 5.32 Å². The number of amides is 2. The standard InChI is InChI=1S/C23H26N2O5/c1-14-6-8-17(15(2)12-14)20-21(23(27)25(22(20)26)10-11-28-3)24-18-9-7-16(29-4)13-19(18)30-5/h6-9,12-13,24H,10-11H2,1-5H3. The van der Waals surface area contributed by atoms with Gasteiger partial charge in [-0.3, -0.25) is 14.5 Å². The van der Waals surface area contributed by atoms with Crippen molar-refractivity contribution in [2.24, 2.45) is 0 Å². The largest absolute Gasteiger partial charge is 0.497 e. The van der Waals surface area contributed by atoms with E-state index in [9.17, 15) is 9.59 Å². The number of aryl methyl sites for hydroxylation is 2. The van der Waals surface area contributed by atoms with Crippen molar-refractivity contribution in [1.29, 1.82) is 0 Å². The summed E-state index contributed by atoms with van der Waals surface area (Å²) in [4.78, 5) is 27.6. The second kappa shape index (κ2) is 9.00. The van der Waals surface area contributed by atoms with Crippen LogP contribution >= 0.6 is 0 Å². The summed E-state index contributed by atoms with van der Waals surface area (Å²) in [6.45, 7) is 4.35. The van der Waals surface area contributed by atoms with E-state index in [0.717, 1.165) is 11.1 Å². The Kier molecular flexibility index (Phi) is 6.42. The van der Waals surface area contributed by atoms with Crippen LogP contribution in [0.5, 0.6) is 11.5 Å². The molecule has 1 heterocycles. The predicted octanol–water partition coefficient (Wildman–Crippen LogP) is 3.16. The topological polar surface area (TPSA) is 77.1 Å². The summed E-state index contributed by atoms with van der Waals surface area (Å²) in [5, 5.41) is 3.13. The number of benzene rings is 2. The van der Waals surface area contributed by atoms with E-state index in [0.29, 0.717) is 28.3 Å². The average Bonchev–Trinajstić information content (AvgIpc) is 2.96. The Morgan fingerprint density at radius 3 is 2.33 bits per heavy atom. The number of rotatable bonds is 8. The first-order chi connectivity index (χ1) is 14.4. The molecule has 0 spiro atoms. The SMILES string of the molecule is COCCN1C(=O)C(Nc2ccc(OC)cc2OC)=C(c2ccc(C)cc2C)C1=O. The summed E-state index contributed by atoms with van der Waals surface area (Å²) in [7, 11) is 4.63. The van der Waals surface area contributed by atoms with Crippen LogP contribution in [0.15, 0.2) is 42.1 Å². The number of anilines is 1. The molecular weight excluding hydrogens is 384 g/mol. The number of hydrogen-bond donors (Lipinski definition) is 1. The van der Waals surface area contributed by atoms with Crippen LogP contribution in [0.1, 0.15) is 16.7 Å². The quantitative estimate of drug-likeness (QED) is 0.674. The monoisotopic (exact) mass is 410 g/mol. The van der Waals surface area contributed by atoms with Crippen molar-refractivity contribution < 1.29 is 23.8 Å². The molecule has 1 aliphatic heterocycles. The smallest absolute Gasteiger partial charge is 0.278 e. The van der Waals surface area contributed by atoms with E-state index < -0.39 is 5.91 Å². The van der Waals surface area contributed by atoms with Gasteiger partial charge in [-0.2, -0.15) is 0 Å². The Morgan fingerprint density at radius 2 is 1.70 bits per heavy atom. The van der Waals surface area contributed by atoms with Gasteiger partial charge < -0.3 is 19.5 Å². The second-order valence-electron chi connectivity index (χ2n) is 7.01. The first-order valence-corrected chi connectivity index (χ1v) is 9.57. The minimum Gasteiger partial charge on any atom is -0.497 e. The summed E-state index contributed by atoms with van der Waals surface area (Å²) in [5.41, 5.74) is 3.83. The molecule has 0 bridgehead atoms. The number of imide groups is 1. The molecule has 30 heavy (non-hydrogen) atoms. The molecule has 0 fully saturated rings. The zero-order chi connectivity index (χ0) is 21.8. The van der Waals surface area contributed by atoms with E-state index in [4.69, 9.17) is 14.2 Å². The average molecular weight is 410 g/mol. The summed E-state index contributed by atoms with van der Waals surface area (Å²) in [6, 6.07) is 11.0. The third-order valence-electron chi connectivity index (χ3n) is 5.01. The minimum absolute atomic E-state index is 0.174. The van der Waals surface area contributed by atoms with E-state index in [1.54, 1.807) is 25.3 Å². The first-order valence-electron chi connectivity index (χ1n) is 9.57. The zero-order valence-electron chi connectivity index (χ0n) is 17.9. The van der Waals surface area contributed by atoms with Crippen molar-refractivity contribution >= 4 is 23.1 Å². The third-order valence-corrected chi connectivity index (χ3v) is 5.01. The van der Waals surface area contributed by atoms with Gasteiger partial charge in [-0.05, 0) is 37.1 Å². The maximum absolute atomic E-state index is 13.2. The summed E-state index contributed by atoms with van der Waals surface area (Å²) in [5.74, 6) is 0.373. The number of methoxy groups -OCH3 is 3. The van der Waals surface area contributed by atoms with Gasteiger partial charge in [0.05, 0.1) is 38.6 Å². The fourth-order valence-electron chi connectivity index (χ4n) is 3.46. The predicted molar refractivity (Wildman–Crippen MR) is 115 cm³/mol. The van der Waals surface area contributed by atoms with Gasteiger partial charge in [0.15, 0.2) is 0 Å². The molecule has 2 aromatic carbocycles. The van der Waals surface area contributed by atoms with Gasteiger partial charge in [0, 0.05) is 13.2 Å². The van der Waals surface area contributed by atoms with Crippen LogP contribution < -0.4 is 14.8 Å². The Balaban J connectivity index is 2.11. The molecule has 1 aliphatic rings. The van der Waals surface area contributed by atoms with Crippen LogP contribution in [0.25, 0.3) is 5.57 Å². The Morgan fingerprint density at radius 1 is 0.933 bits per heavy atom. The van der Waals surface area contributed by atoms with Gasteiger partial charge in [0.2, 0.25) is 0 Å². The molecule has 2 aromatic rings. The number of nitrogens with zero attached hydrogens (tertiary/aromatic N) is 1. The van der Waals surface area contributed by atoms with Crippen molar-refractivity contribution in [3.05, 3.63) is 58.8 Å². The molecule has 158 valence electrons. The van der Waals surface area contributed by atoms with Crippen LogP contribution in [0.2, 0.25) is 0 Å². The number of nitrogens with one attached hydrogen (secondary N) is 1. The number of carbonyl (C=O) groups is 2. The highest BCUT2D eigenvalue weighted by molar-refractivity contribution is 6.36. The molecule has 0 aliphatic carbocycles. The fourth-order valence-corrected chi connectivity index (χ4v) is 3.46. The van der Waals surface area contributed by atoms with Gasteiger partial charge in [-0.1, -0.05) is 23.8 Å². The van der Waals surface area contributed by atoms with Crippen molar-refractivity contribution in [1.82, 2.24) is 4.90 Å². The molecular formula is C23H26N2O5. The third kappa shape index (κ3) is 4.02. The highest BCUT2D eigenvalue weighted by atomic mass is 16.5. The maximum Gasteiger partial charge on any atom is 0.278 e. The molecule has 7 nitrogen and oxygen atoms in total. The van der Waals surface area contributed by atoms with Gasteiger partial charge in [0.25, 0.3) is 11.8 Å². The number of hydrogen-bond acceptors (Lipinski definition) is 6. The van der Waals surface area contributed by atoms with Crippen LogP contribution in [0.4, 0.5) is 5.69 Å². The van der Waals surface area contributed by atoms with Gasteiger partial charge in [0.1, 0.15) is 17.2 Å². The molecule has 0 aromatic heterocycles. The lowest BCUT2D eigenvalue weighted by Gasteiger charge is -2.15. The van der Waals surface area contributed by atoms with E-state index in [1.165, 1.54) is 19.1 Å². The zero-order valence-corrected chi connectivity index (χ0v) is 17.9. The molecule has 0 unspecified atom stereocenters. The molecule has 1 N–H and O–H groups in total. The minimum atomic E-state index is -0.398. The summed E-state index contributed by atoms with van der Waals surface area (Å²) in [6.07, 6.45) is 0. The van der Waals surface area contributed by atoms with Crippen LogP contribution in [-0.4, -0.2) is 51.2 Å². The highest BCUT2D eigenvalue weighted by Crippen LogP contribution is 2.36. The summed E-state index contributed by atoms with van der Waals surface area (Å²) >= 11 is 0. The highest BCUT2D eigenvalue weighted by Gasteiger charge is 2.39. The van der Waals surface area contributed by atoms with E-state index >= 15 is 0 Å². The molecule has 0 atom stereocenters. The Labute approximate surface area is 176 Å². The van der Waals surface area contributed by atoms with Crippen molar-refractivity contribution in [2.45, 2.75) is 13.8 Å². The molecule has 3 rings (SSSR count). The number of ether oxygens (including phenoxy) is 3. The van der Waals surface area contributed by atoms with Crippen molar-refractivity contribution in [3.63, 3.8) is 0 Å². The van der Waals surface area contributed by atoms with Crippen LogP contribution in [-0.2, 0) is 14.3 Å². The summed E-state index contributed by atoms with van der Waals surface area (Å²) < 4.78 is 15.8. The lowest BCUT2D eigenvalue weighted by Crippen LogP contribution is -2.35. The number of carbonyl (C=O) groups excluding carboxylic acids is 2. The van der Waals surface area contributed by atoms with Crippen molar-refractivity contribution in [3.8, 4) is 11.5 Å². The van der Waals surface area contributed by atoms with Gasteiger partial charge >= 0.3 is 0 Å². The fraction of sp³-hybridized carbons (Fsp3) is 0.304.